The molecule has 0 saturated heterocycles. The largest absolute Gasteiger partial charge is 0.497 e. The van der Waals surface area contributed by atoms with Crippen molar-refractivity contribution in [2.24, 2.45) is 0 Å². The van der Waals surface area contributed by atoms with Crippen molar-refractivity contribution in [3.8, 4) is 33.8 Å². The van der Waals surface area contributed by atoms with Crippen LogP contribution in [0.5, 0.6) is 5.75 Å². The minimum Gasteiger partial charge on any atom is -0.497 e. The van der Waals surface area contributed by atoms with Crippen LogP contribution >= 0.6 is 11.6 Å². The molecule has 1 N–H and O–H groups in total. The molecule has 1 aliphatic heterocycles. The topological polar surface area (TPSA) is 104 Å². The van der Waals surface area contributed by atoms with Gasteiger partial charge in [-0.1, -0.05) is 11.6 Å². The molecule has 0 aliphatic carbocycles. The zero-order chi connectivity index (χ0) is 23.9. The van der Waals surface area contributed by atoms with Crippen LogP contribution in [0.15, 0.2) is 71.9 Å². The number of H-pyrrole nitrogens is 1. The molecule has 0 fully saturated rings. The summed E-state index contributed by atoms with van der Waals surface area (Å²) < 4.78 is 8.62. The van der Waals surface area contributed by atoms with Gasteiger partial charge < -0.3 is 14.3 Å². The predicted octanol–water partition coefficient (Wildman–Crippen LogP) is 4.08. The molecule has 2 aromatic carbocycles. The molecule has 4 heterocycles. The highest BCUT2D eigenvalue weighted by Gasteiger charge is 2.28. The monoisotopic (exact) mass is 485 g/mol. The Kier molecular flexibility index (Phi) is 5.18. The van der Waals surface area contributed by atoms with E-state index >= 15 is 0 Å². The molecular formula is C25H20ClN7O2. The average Bonchev–Trinajstić information content (AvgIpc) is 3.65. The molecule has 0 amide bonds. The smallest absolute Gasteiger partial charge is 0.252 e. The van der Waals surface area contributed by atoms with Crippen LogP contribution in [0.25, 0.3) is 28.1 Å². The van der Waals surface area contributed by atoms with E-state index in [1.165, 1.54) is 6.33 Å². The van der Waals surface area contributed by atoms with Crippen LogP contribution in [-0.4, -0.2) is 41.9 Å². The van der Waals surface area contributed by atoms with Gasteiger partial charge in [0.25, 0.3) is 5.56 Å². The first-order valence-electron chi connectivity index (χ1n) is 11.1. The van der Waals surface area contributed by atoms with Gasteiger partial charge in [-0.05, 0) is 82.9 Å². The van der Waals surface area contributed by atoms with Crippen LogP contribution < -0.4 is 10.3 Å². The van der Waals surface area contributed by atoms with Crippen molar-refractivity contribution in [1.29, 1.82) is 0 Å². The quantitative estimate of drug-likeness (QED) is 0.402. The Morgan fingerprint density at radius 3 is 2.71 bits per heavy atom. The van der Waals surface area contributed by atoms with Crippen molar-refractivity contribution in [2.45, 2.75) is 18.9 Å². The number of rotatable bonds is 5. The number of benzene rings is 2. The molecule has 1 aliphatic rings. The number of aryl methyl sites for hydroxylation is 1. The first-order chi connectivity index (χ1) is 17.1. The highest BCUT2D eigenvalue weighted by Crippen LogP contribution is 2.34. The molecule has 3 aromatic heterocycles. The highest BCUT2D eigenvalue weighted by molar-refractivity contribution is 6.31. The molecule has 9 nitrogen and oxygen atoms in total. The maximum atomic E-state index is 13.3. The van der Waals surface area contributed by atoms with E-state index in [2.05, 4.69) is 25.5 Å². The lowest BCUT2D eigenvalue weighted by Gasteiger charge is -2.15. The summed E-state index contributed by atoms with van der Waals surface area (Å²) in [6.45, 7) is 0. The highest BCUT2D eigenvalue weighted by atomic mass is 35.5. The van der Waals surface area contributed by atoms with Crippen LogP contribution in [0.2, 0.25) is 5.02 Å². The summed E-state index contributed by atoms with van der Waals surface area (Å²) in [5, 5.41) is 12.0. The lowest BCUT2D eigenvalue weighted by molar-refractivity contribution is 0.415. The Labute approximate surface area is 205 Å². The summed E-state index contributed by atoms with van der Waals surface area (Å²) in [6, 6.07) is 16.7. The second-order valence-corrected chi connectivity index (χ2v) is 8.76. The van der Waals surface area contributed by atoms with Crippen LogP contribution in [0.1, 0.15) is 24.0 Å². The van der Waals surface area contributed by atoms with Gasteiger partial charge in [-0.3, -0.25) is 4.79 Å². The van der Waals surface area contributed by atoms with Crippen molar-refractivity contribution in [3.05, 3.63) is 94.0 Å². The molecule has 1 atom stereocenters. The SMILES string of the molecule is COc1ccc(-c2cnc([C@@H]3CCc4cc(-c5cc(Cl)ccc5-n5cnnn5)cc(=O)n43)[nH]2)cc1. The molecule has 0 radical (unpaired) electrons. The normalized spacial score (nSPS) is 14.7. The lowest BCUT2D eigenvalue weighted by atomic mass is 10.0. The van der Waals surface area contributed by atoms with Crippen LogP contribution in [0, 0.1) is 0 Å². The standard InChI is InChI=1S/C25H20ClN7O2/c1-35-19-6-2-15(3-7-19)21-13-27-25(29-21)23-9-5-18-10-16(11-24(34)33(18)23)20-12-17(26)4-8-22(20)32-14-28-30-31-32/h2-4,6-8,10-14,23H,5,9H2,1H3,(H,27,29)/t23-/m0/s1. The van der Waals surface area contributed by atoms with E-state index in [4.69, 9.17) is 16.3 Å². The number of imidazole rings is 1. The number of hydrogen-bond donors (Lipinski definition) is 1. The number of tetrazole rings is 1. The number of hydrogen-bond acceptors (Lipinski definition) is 6. The zero-order valence-electron chi connectivity index (χ0n) is 18.7. The summed E-state index contributed by atoms with van der Waals surface area (Å²) in [5.41, 5.74) is 5.05. The van der Waals surface area contributed by atoms with E-state index in [0.717, 1.165) is 58.2 Å². The molecule has 0 unspecified atom stereocenters. The zero-order valence-corrected chi connectivity index (χ0v) is 19.5. The van der Waals surface area contributed by atoms with Gasteiger partial charge >= 0.3 is 0 Å². The molecule has 5 aromatic rings. The average molecular weight is 486 g/mol. The summed E-state index contributed by atoms with van der Waals surface area (Å²) in [6.07, 6.45) is 4.86. The summed E-state index contributed by atoms with van der Waals surface area (Å²) in [7, 11) is 1.64. The van der Waals surface area contributed by atoms with E-state index in [1.807, 2.05) is 47.0 Å². The van der Waals surface area contributed by atoms with E-state index in [9.17, 15) is 4.79 Å². The van der Waals surface area contributed by atoms with Gasteiger partial charge in [-0.25, -0.2) is 4.98 Å². The van der Waals surface area contributed by atoms with Crippen molar-refractivity contribution < 1.29 is 4.74 Å². The van der Waals surface area contributed by atoms with Gasteiger partial charge in [0.2, 0.25) is 0 Å². The lowest BCUT2D eigenvalue weighted by Crippen LogP contribution is -2.23. The fourth-order valence-electron chi connectivity index (χ4n) is 4.64. The van der Waals surface area contributed by atoms with Gasteiger partial charge in [0.05, 0.1) is 30.7 Å². The Morgan fingerprint density at radius 2 is 1.94 bits per heavy atom. The van der Waals surface area contributed by atoms with Crippen LogP contribution in [0.3, 0.4) is 0 Å². The molecule has 0 saturated carbocycles. The van der Waals surface area contributed by atoms with Crippen LogP contribution in [0.4, 0.5) is 0 Å². The number of methoxy groups -OCH3 is 1. The fourth-order valence-corrected chi connectivity index (χ4v) is 4.82. The van der Waals surface area contributed by atoms with Gasteiger partial charge in [-0.15, -0.1) is 5.10 Å². The first-order valence-corrected chi connectivity index (χ1v) is 11.5. The number of ether oxygens (including phenoxy) is 1. The number of aromatic amines is 1. The second kappa shape index (κ2) is 8.52. The minimum absolute atomic E-state index is 0.0926. The number of nitrogens with one attached hydrogen (secondary N) is 1. The molecule has 174 valence electrons. The minimum atomic E-state index is -0.156. The number of fused-ring (bicyclic) bond motifs is 1. The molecule has 6 rings (SSSR count). The third-order valence-electron chi connectivity index (χ3n) is 6.31. The first kappa shape index (κ1) is 21.3. The van der Waals surface area contributed by atoms with E-state index < -0.39 is 0 Å². The molecule has 35 heavy (non-hydrogen) atoms. The maximum absolute atomic E-state index is 13.3. The van der Waals surface area contributed by atoms with Crippen molar-refractivity contribution in [2.75, 3.05) is 7.11 Å². The summed E-state index contributed by atoms with van der Waals surface area (Å²) in [4.78, 5) is 21.4. The molecule has 0 spiro atoms. The number of pyridine rings is 1. The Balaban J connectivity index is 1.37. The number of halogens is 1. The summed E-state index contributed by atoms with van der Waals surface area (Å²) >= 11 is 6.29. The van der Waals surface area contributed by atoms with Crippen molar-refractivity contribution in [3.63, 3.8) is 0 Å². The van der Waals surface area contributed by atoms with Crippen molar-refractivity contribution >= 4 is 11.6 Å². The number of aromatic nitrogens is 7. The fraction of sp³-hybridized carbons (Fsp3) is 0.160. The Bertz CT molecular complexity index is 1570. The van der Waals surface area contributed by atoms with Crippen molar-refractivity contribution in [1.82, 2.24) is 34.7 Å². The van der Waals surface area contributed by atoms with E-state index in [1.54, 1.807) is 30.1 Å². The Morgan fingerprint density at radius 1 is 1.09 bits per heavy atom. The summed E-state index contributed by atoms with van der Waals surface area (Å²) in [5.74, 6) is 1.56. The third-order valence-corrected chi connectivity index (χ3v) is 6.55. The second-order valence-electron chi connectivity index (χ2n) is 8.32. The Hall–Kier alpha value is -4.24. The van der Waals surface area contributed by atoms with E-state index in [0.29, 0.717) is 5.02 Å². The number of nitrogens with zero attached hydrogens (tertiary/aromatic N) is 6. The van der Waals surface area contributed by atoms with Gasteiger partial charge in [0.1, 0.15) is 17.9 Å². The molecule has 0 bridgehead atoms. The molecule has 10 heteroatoms. The van der Waals surface area contributed by atoms with Gasteiger partial charge in [0, 0.05) is 22.3 Å². The maximum Gasteiger partial charge on any atom is 0.252 e. The third kappa shape index (κ3) is 3.79. The van der Waals surface area contributed by atoms with E-state index in [-0.39, 0.29) is 11.6 Å². The van der Waals surface area contributed by atoms with Gasteiger partial charge in [-0.2, -0.15) is 4.68 Å². The predicted molar refractivity (Wildman–Crippen MR) is 131 cm³/mol. The molecular weight excluding hydrogens is 466 g/mol. The van der Waals surface area contributed by atoms with Gasteiger partial charge in [0.15, 0.2) is 0 Å². The van der Waals surface area contributed by atoms with Crippen LogP contribution in [-0.2, 0) is 6.42 Å².